The number of halogens is 2. The highest BCUT2D eigenvalue weighted by Gasteiger charge is 2.15. The van der Waals surface area contributed by atoms with Crippen LogP contribution < -0.4 is 11.1 Å². The largest absolute Gasteiger partial charge is 0.398 e. The second-order valence-corrected chi connectivity index (χ2v) is 5.02. The molecule has 98 valence electrons. The summed E-state index contributed by atoms with van der Waals surface area (Å²) in [7, 11) is 0. The standard InChI is InChI=1S/C14H12Cl2N2O/c1-8-3-2-4-10(5-8)18-14(19)13-11(16)6-9(15)7-12(13)17/h2-7H,17H2,1H3,(H,18,19). The summed E-state index contributed by atoms with van der Waals surface area (Å²) < 4.78 is 0. The maximum absolute atomic E-state index is 12.2. The molecule has 1 amide bonds. The first-order valence-corrected chi connectivity index (χ1v) is 6.35. The first-order valence-electron chi connectivity index (χ1n) is 5.60. The number of anilines is 2. The van der Waals surface area contributed by atoms with Gasteiger partial charge in [-0.2, -0.15) is 0 Å². The molecule has 0 heterocycles. The molecule has 0 saturated carbocycles. The van der Waals surface area contributed by atoms with Crippen LogP contribution >= 0.6 is 23.2 Å². The number of nitrogens with one attached hydrogen (secondary N) is 1. The summed E-state index contributed by atoms with van der Waals surface area (Å²) >= 11 is 11.8. The van der Waals surface area contributed by atoms with Gasteiger partial charge in [-0.05, 0) is 36.8 Å². The molecular formula is C14H12Cl2N2O. The number of rotatable bonds is 2. The molecular weight excluding hydrogens is 283 g/mol. The van der Waals surface area contributed by atoms with Crippen molar-refractivity contribution in [1.29, 1.82) is 0 Å². The van der Waals surface area contributed by atoms with E-state index in [4.69, 9.17) is 28.9 Å². The van der Waals surface area contributed by atoms with Crippen molar-refractivity contribution in [3.63, 3.8) is 0 Å². The van der Waals surface area contributed by atoms with Crippen molar-refractivity contribution < 1.29 is 4.79 Å². The van der Waals surface area contributed by atoms with Gasteiger partial charge in [0.15, 0.2) is 0 Å². The SMILES string of the molecule is Cc1cccc(NC(=O)c2c(N)cc(Cl)cc2Cl)c1. The zero-order valence-electron chi connectivity index (χ0n) is 10.2. The Morgan fingerprint density at radius 3 is 2.58 bits per heavy atom. The van der Waals surface area contributed by atoms with Crippen LogP contribution in [0.5, 0.6) is 0 Å². The average molecular weight is 295 g/mol. The lowest BCUT2D eigenvalue weighted by Crippen LogP contribution is -2.14. The first-order chi connectivity index (χ1) is 8.97. The number of carbonyl (C=O) groups excluding carboxylic acids is 1. The highest BCUT2D eigenvalue weighted by atomic mass is 35.5. The Bertz CT molecular complexity index is 618. The number of benzene rings is 2. The van der Waals surface area contributed by atoms with Gasteiger partial charge in [-0.3, -0.25) is 4.79 Å². The van der Waals surface area contributed by atoms with Crippen LogP contribution in [0.3, 0.4) is 0 Å². The Hall–Kier alpha value is -1.71. The summed E-state index contributed by atoms with van der Waals surface area (Å²) in [4.78, 5) is 12.2. The van der Waals surface area contributed by atoms with Crippen molar-refractivity contribution in [2.45, 2.75) is 6.92 Å². The molecule has 3 N–H and O–H groups in total. The molecule has 0 atom stereocenters. The van der Waals surface area contributed by atoms with Gasteiger partial charge < -0.3 is 11.1 Å². The van der Waals surface area contributed by atoms with E-state index < -0.39 is 0 Å². The third-order valence-electron chi connectivity index (χ3n) is 2.59. The summed E-state index contributed by atoms with van der Waals surface area (Å²) in [6, 6.07) is 10.4. The maximum atomic E-state index is 12.2. The lowest BCUT2D eigenvalue weighted by atomic mass is 10.1. The number of nitrogens with two attached hydrogens (primary N) is 1. The van der Waals surface area contributed by atoms with Gasteiger partial charge in [0, 0.05) is 16.4 Å². The molecule has 19 heavy (non-hydrogen) atoms. The van der Waals surface area contributed by atoms with E-state index in [-0.39, 0.29) is 22.2 Å². The van der Waals surface area contributed by atoms with E-state index in [1.54, 1.807) is 6.07 Å². The molecule has 0 fully saturated rings. The fraction of sp³-hybridized carbons (Fsp3) is 0.0714. The maximum Gasteiger partial charge on any atom is 0.259 e. The van der Waals surface area contributed by atoms with Gasteiger partial charge in [0.05, 0.1) is 10.6 Å². The molecule has 0 radical (unpaired) electrons. The van der Waals surface area contributed by atoms with Crippen LogP contribution in [0.1, 0.15) is 15.9 Å². The molecule has 3 nitrogen and oxygen atoms in total. The molecule has 5 heteroatoms. The van der Waals surface area contributed by atoms with Gasteiger partial charge >= 0.3 is 0 Å². The van der Waals surface area contributed by atoms with Crippen LogP contribution in [0.25, 0.3) is 0 Å². The van der Waals surface area contributed by atoms with Crippen molar-refractivity contribution in [1.82, 2.24) is 0 Å². The third-order valence-corrected chi connectivity index (χ3v) is 3.10. The molecule has 0 aliphatic heterocycles. The Kier molecular flexibility index (Phi) is 3.98. The van der Waals surface area contributed by atoms with Crippen molar-refractivity contribution in [3.05, 3.63) is 57.6 Å². The van der Waals surface area contributed by atoms with E-state index in [9.17, 15) is 4.79 Å². The van der Waals surface area contributed by atoms with Crippen LogP contribution in [0.2, 0.25) is 10.0 Å². The Balaban J connectivity index is 2.31. The molecule has 2 aromatic rings. The fourth-order valence-corrected chi connectivity index (χ4v) is 2.34. The van der Waals surface area contributed by atoms with Crippen LogP contribution in [-0.2, 0) is 0 Å². The van der Waals surface area contributed by atoms with E-state index in [1.807, 2.05) is 25.1 Å². The minimum Gasteiger partial charge on any atom is -0.398 e. The van der Waals surface area contributed by atoms with Crippen LogP contribution in [0, 0.1) is 6.92 Å². The number of amides is 1. The second-order valence-electron chi connectivity index (χ2n) is 4.18. The minimum absolute atomic E-state index is 0.229. The first kappa shape index (κ1) is 13.7. The molecule has 2 rings (SSSR count). The molecule has 0 saturated heterocycles. The summed E-state index contributed by atoms with van der Waals surface area (Å²) in [6.07, 6.45) is 0. The number of carbonyl (C=O) groups is 1. The lowest BCUT2D eigenvalue weighted by molar-refractivity contribution is 0.102. The van der Waals surface area contributed by atoms with E-state index in [2.05, 4.69) is 5.32 Å². The van der Waals surface area contributed by atoms with Crippen molar-refractivity contribution in [2.24, 2.45) is 0 Å². The molecule has 0 aliphatic rings. The number of hydrogen-bond acceptors (Lipinski definition) is 2. The van der Waals surface area contributed by atoms with Gasteiger partial charge in [0.1, 0.15) is 0 Å². The summed E-state index contributed by atoms with van der Waals surface area (Å²) in [6.45, 7) is 1.94. The minimum atomic E-state index is -0.357. The average Bonchev–Trinajstić information content (AvgIpc) is 2.27. The molecule has 0 unspecified atom stereocenters. The molecule has 0 aliphatic carbocycles. The summed E-state index contributed by atoms with van der Waals surface area (Å²) in [5.41, 5.74) is 8.00. The van der Waals surface area contributed by atoms with E-state index in [0.717, 1.165) is 5.56 Å². The van der Waals surface area contributed by atoms with E-state index in [0.29, 0.717) is 10.7 Å². The highest BCUT2D eigenvalue weighted by molar-refractivity contribution is 6.38. The Labute approximate surface area is 121 Å². The van der Waals surface area contributed by atoms with Crippen LogP contribution in [0.4, 0.5) is 11.4 Å². The lowest BCUT2D eigenvalue weighted by Gasteiger charge is -2.10. The predicted molar refractivity (Wildman–Crippen MR) is 80.0 cm³/mol. The quantitative estimate of drug-likeness (QED) is 0.818. The van der Waals surface area contributed by atoms with Gasteiger partial charge in [-0.25, -0.2) is 0 Å². The van der Waals surface area contributed by atoms with Crippen molar-refractivity contribution in [2.75, 3.05) is 11.1 Å². The zero-order valence-corrected chi connectivity index (χ0v) is 11.7. The molecule has 0 spiro atoms. The summed E-state index contributed by atoms with van der Waals surface area (Å²) in [5.74, 6) is -0.357. The van der Waals surface area contributed by atoms with Gasteiger partial charge in [-0.1, -0.05) is 35.3 Å². The topological polar surface area (TPSA) is 55.1 Å². The van der Waals surface area contributed by atoms with Crippen LogP contribution in [0.15, 0.2) is 36.4 Å². The van der Waals surface area contributed by atoms with Crippen LogP contribution in [-0.4, -0.2) is 5.91 Å². The van der Waals surface area contributed by atoms with Gasteiger partial charge in [-0.15, -0.1) is 0 Å². The number of aryl methyl sites for hydroxylation is 1. The molecule has 0 bridgehead atoms. The van der Waals surface area contributed by atoms with Gasteiger partial charge in [0.2, 0.25) is 0 Å². The molecule has 0 aromatic heterocycles. The number of hydrogen-bond donors (Lipinski definition) is 2. The van der Waals surface area contributed by atoms with E-state index in [1.165, 1.54) is 12.1 Å². The van der Waals surface area contributed by atoms with Gasteiger partial charge in [0.25, 0.3) is 5.91 Å². The zero-order chi connectivity index (χ0) is 14.0. The molecule has 2 aromatic carbocycles. The predicted octanol–water partition coefficient (Wildman–Crippen LogP) is 4.14. The normalized spacial score (nSPS) is 10.3. The third kappa shape index (κ3) is 3.19. The number of nitrogen functional groups attached to an aromatic ring is 1. The Morgan fingerprint density at radius 1 is 1.21 bits per heavy atom. The fourth-order valence-electron chi connectivity index (χ4n) is 1.75. The highest BCUT2D eigenvalue weighted by Crippen LogP contribution is 2.28. The summed E-state index contributed by atoms with van der Waals surface area (Å²) in [5, 5.41) is 3.38. The monoisotopic (exact) mass is 294 g/mol. The van der Waals surface area contributed by atoms with Crippen molar-refractivity contribution >= 4 is 40.5 Å². The van der Waals surface area contributed by atoms with E-state index >= 15 is 0 Å². The Morgan fingerprint density at radius 2 is 1.95 bits per heavy atom. The smallest absolute Gasteiger partial charge is 0.259 e. The van der Waals surface area contributed by atoms with Crippen molar-refractivity contribution in [3.8, 4) is 0 Å². The second kappa shape index (κ2) is 5.51.